The highest BCUT2D eigenvalue weighted by Gasteiger charge is 2.56. The summed E-state index contributed by atoms with van der Waals surface area (Å²) >= 11 is 0. The van der Waals surface area contributed by atoms with E-state index >= 15 is 5.21 Å². The summed E-state index contributed by atoms with van der Waals surface area (Å²) < 4.78 is -0.350. The van der Waals surface area contributed by atoms with Gasteiger partial charge in [0.05, 0.1) is 13.1 Å². The summed E-state index contributed by atoms with van der Waals surface area (Å²) in [5.74, 6) is 5.12. The van der Waals surface area contributed by atoms with E-state index in [2.05, 4.69) is 77.9 Å². The maximum Gasteiger partial charge on any atom is 0.123 e. The molecule has 4 nitrogen and oxygen atoms in total. The van der Waals surface area contributed by atoms with Gasteiger partial charge in [-0.2, -0.15) is 0 Å². The molecule has 4 heteroatoms. The summed E-state index contributed by atoms with van der Waals surface area (Å²) in [7, 11) is 0. The Hall–Kier alpha value is -2.82. The van der Waals surface area contributed by atoms with Crippen LogP contribution in [0.3, 0.4) is 0 Å². The van der Waals surface area contributed by atoms with E-state index in [1.165, 1.54) is 99.3 Å². The predicted octanol–water partition coefficient (Wildman–Crippen LogP) is 12.0. The maximum absolute atomic E-state index is 15.4. The topological polar surface area (TPSA) is 63.5 Å². The van der Waals surface area contributed by atoms with Gasteiger partial charge in [-0.25, -0.2) is 0 Å². The monoisotopic (exact) mass is 742 g/mol. The molecule has 9 fully saturated rings. The summed E-state index contributed by atoms with van der Waals surface area (Å²) in [5, 5.41) is 41.2. The Balaban J connectivity index is 1.15. The van der Waals surface area contributed by atoms with Gasteiger partial charge in [0.2, 0.25) is 0 Å². The van der Waals surface area contributed by atoms with Crippen molar-refractivity contribution in [2.75, 3.05) is 13.1 Å². The number of quaternary nitrogens is 1. The number of hydrogen-bond donors (Lipinski definition) is 2. The van der Waals surface area contributed by atoms with Crippen molar-refractivity contribution in [3.63, 3.8) is 0 Å². The molecule has 9 aliphatic rings. The highest BCUT2D eigenvalue weighted by Crippen LogP contribution is 2.65. The Kier molecular flexibility index (Phi) is 8.20. The second-order valence-corrected chi connectivity index (χ2v) is 23.1. The van der Waals surface area contributed by atoms with Crippen molar-refractivity contribution in [3.05, 3.63) is 98.7 Å². The number of phenolic OH excluding ortho intramolecular Hbond substituents is 2. The molecule has 1 aliphatic heterocycles. The number of phenols is 2. The number of nitrogens with zero attached hydrogens (tertiary/aromatic N) is 1. The van der Waals surface area contributed by atoms with Crippen LogP contribution in [0.25, 0.3) is 0 Å². The first kappa shape index (κ1) is 36.5. The van der Waals surface area contributed by atoms with E-state index in [1.807, 2.05) is 18.2 Å². The van der Waals surface area contributed by atoms with Gasteiger partial charge >= 0.3 is 0 Å². The van der Waals surface area contributed by atoms with Crippen molar-refractivity contribution in [1.29, 1.82) is 0 Å². The molecule has 1 saturated heterocycles. The van der Waals surface area contributed by atoms with Crippen LogP contribution in [-0.4, -0.2) is 27.9 Å². The average molecular weight is 742 g/mol. The van der Waals surface area contributed by atoms with Crippen LogP contribution in [0, 0.1) is 40.7 Å². The van der Waals surface area contributed by atoms with E-state index in [0.29, 0.717) is 31.1 Å². The van der Waals surface area contributed by atoms with Crippen LogP contribution in [0.5, 0.6) is 11.5 Å². The maximum atomic E-state index is 15.4. The van der Waals surface area contributed by atoms with Gasteiger partial charge in [-0.1, -0.05) is 96.1 Å². The molecule has 1 heterocycles. The second kappa shape index (κ2) is 12.3. The summed E-state index contributed by atoms with van der Waals surface area (Å²) in [6, 6.07) is 19.7. The Morgan fingerprint density at radius 2 is 0.909 bits per heavy atom. The highest BCUT2D eigenvalue weighted by molar-refractivity contribution is 5.56. The van der Waals surface area contributed by atoms with Gasteiger partial charge in [-0.15, -0.1) is 0 Å². The Morgan fingerprint density at radius 1 is 0.564 bits per heavy atom. The fraction of sp³-hybridized carbons (Fsp3) is 0.647. The normalized spacial score (nSPS) is 39.0. The van der Waals surface area contributed by atoms with Gasteiger partial charge in [-0.3, -0.25) is 0 Å². The van der Waals surface area contributed by atoms with Crippen LogP contribution in [-0.2, 0) is 28.2 Å². The van der Waals surface area contributed by atoms with Crippen LogP contribution >= 0.6 is 0 Å². The van der Waals surface area contributed by atoms with Gasteiger partial charge in [0.1, 0.15) is 18.0 Å². The Bertz CT molecular complexity index is 1790. The number of hydroxylamine groups is 3. The molecule has 0 spiro atoms. The summed E-state index contributed by atoms with van der Waals surface area (Å²) in [6.07, 6.45) is 15.3. The van der Waals surface area contributed by atoms with Crippen molar-refractivity contribution in [3.8, 4) is 11.5 Å². The minimum atomic E-state index is -0.350. The van der Waals surface area contributed by atoms with Crippen LogP contribution in [0.2, 0.25) is 0 Å². The smallest absolute Gasteiger partial charge is 0.123 e. The molecule has 294 valence electrons. The van der Waals surface area contributed by atoms with Crippen LogP contribution in [0.1, 0.15) is 169 Å². The van der Waals surface area contributed by atoms with E-state index in [1.54, 1.807) is 0 Å². The number of hydrogen-bond acceptors (Lipinski definition) is 3. The molecule has 8 bridgehead atoms. The molecule has 2 atom stereocenters. The molecule has 12 rings (SSSR count). The van der Waals surface area contributed by atoms with E-state index in [4.69, 9.17) is 0 Å². The van der Waals surface area contributed by atoms with Crippen molar-refractivity contribution in [2.45, 2.75) is 159 Å². The standard InChI is InChI=1S/C51H67NO3/c1-48(2,3)38-18-40(46(53)44(20-38)50-22-32-12-33(23-50)14-34(13-32)24-50)42-29-52(55,28-31-10-8-7-9-11-31)30-43(42)41-19-39(49(4,5)6)21-45(47(41)54)51-25-35-15-36(26-51)17-37(16-35)27-51/h7-11,18-21,32-37,42-43,53-54H,12-17,22-30H2,1-6H3/t32?,33?,34?,35?,36?,37?,42-,43-,50?,51?,52?/m0/s1. The third kappa shape index (κ3) is 6.12. The SMILES string of the molecule is CC(C)(C)c1cc([C@@H]2C[N+]([O-])(Cc3ccccc3)C[C@H]2c2cc(C(C)(C)C)cc(C34CC5CC(CC(C5)C3)C4)c2O)c(O)c(C23CC4CC(CC(C4)C2)C3)c1. The Labute approximate surface area is 331 Å². The second-order valence-electron chi connectivity index (χ2n) is 23.1. The van der Waals surface area contributed by atoms with Crippen molar-refractivity contribution >= 4 is 0 Å². The van der Waals surface area contributed by atoms with Crippen LogP contribution in [0.4, 0.5) is 0 Å². The molecular formula is C51H67NO3. The van der Waals surface area contributed by atoms with E-state index in [0.717, 1.165) is 52.2 Å². The third-order valence-corrected chi connectivity index (χ3v) is 16.9. The van der Waals surface area contributed by atoms with Gasteiger partial charge in [0.25, 0.3) is 0 Å². The quantitative estimate of drug-likeness (QED) is 0.195. The number of aromatic hydroxyl groups is 2. The molecule has 0 aromatic heterocycles. The molecule has 8 saturated carbocycles. The first-order valence-electron chi connectivity index (χ1n) is 22.3. The first-order chi connectivity index (χ1) is 26.0. The Morgan fingerprint density at radius 3 is 1.24 bits per heavy atom. The minimum Gasteiger partial charge on any atom is -0.633 e. The molecule has 0 radical (unpaired) electrons. The molecule has 2 N–H and O–H groups in total. The lowest BCUT2D eigenvalue weighted by Crippen LogP contribution is -2.48. The zero-order chi connectivity index (χ0) is 38.3. The first-order valence-corrected chi connectivity index (χ1v) is 22.3. The fourth-order valence-corrected chi connectivity index (χ4v) is 15.2. The minimum absolute atomic E-state index is 0.0242. The predicted molar refractivity (Wildman–Crippen MR) is 222 cm³/mol. The lowest BCUT2D eigenvalue weighted by atomic mass is 9.47. The number of rotatable bonds is 6. The molecule has 3 aromatic rings. The van der Waals surface area contributed by atoms with Gasteiger partial charge < -0.3 is 20.1 Å². The lowest BCUT2D eigenvalue weighted by Gasteiger charge is -2.57. The summed E-state index contributed by atoms with van der Waals surface area (Å²) in [4.78, 5) is 0. The van der Waals surface area contributed by atoms with E-state index in [9.17, 15) is 10.2 Å². The van der Waals surface area contributed by atoms with Gasteiger partial charge in [-0.05, 0) is 145 Å². The molecular weight excluding hydrogens is 675 g/mol. The van der Waals surface area contributed by atoms with Gasteiger partial charge in [0.15, 0.2) is 0 Å². The summed E-state index contributed by atoms with van der Waals surface area (Å²) in [5.41, 5.74) is 7.70. The molecule has 0 unspecified atom stereocenters. The number of likely N-dealkylation sites (tertiary alicyclic amines) is 1. The highest BCUT2D eigenvalue weighted by atomic mass is 16.5. The number of benzene rings is 3. The zero-order valence-electron chi connectivity index (χ0n) is 34.7. The van der Waals surface area contributed by atoms with Crippen molar-refractivity contribution in [1.82, 2.24) is 0 Å². The molecule has 3 aromatic carbocycles. The fourth-order valence-electron chi connectivity index (χ4n) is 15.2. The van der Waals surface area contributed by atoms with Crippen LogP contribution < -0.4 is 0 Å². The largest absolute Gasteiger partial charge is 0.633 e. The molecule has 55 heavy (non-hydrogen) atoms. The van der Waals surface area contributed by atoms with Gasteiger partial charge in [0, 0.05) is 39.7 Å². The molecule has 0 amide bonds. The van der Waals surface area contributed by atoms with Crippen molar-refractivity contribution < 1.29 is 14.9 Å². The summed E-state index contributed by atoms with van der Waals surface area (Å²) in [6.45, 7) is 15.0. The zero-order valence-corrected chi connectivity index (χ0v) is 34.7. The average Bonchev–Trinajstić information content (AvgIpc) is 3.42. The van der Waals surface area contributed by atoms with Crippen molar-refractivity contribution in [2.24, 2.45) is 35.5 Å². The van der Waals surface area contributed by atoms with Crippen LogP contribution in [0.15, 0.2) is 54.6 Å². The lowest BCUT2D eigenvalue weighted by molar-refractivity contribution is -0.882. The molecule has 8 aliphatic carbocycles. The third-order valence-electron chi connectivity index (χ3n) is 16.9. The van der Waals surface area contributed by atoms with E-state index < -0.39 is 0 Å². The van der Waals surface area contributed by atoms with E-state index in [-0.39, 0.29) is 38.1 Å².